The van der Waals surface area contributed by atoms with Crippen LogP contribution >= 0.6 is 0 Å². The molecular weight excluding hydrogens is 138 g/mol. The maximum absolute atomic E-state index is 9.13. The molecule has 1 aliphatic heterocycles. The Labute approximate surface area is 65.2 Å². The zero-order valence-electron chi connectivity index (χ0n) is 6.33. The minimum absolute atomic E-state index is 0.327. The van der Waals surface area contributed by atoms with Crippen molar-refractivity contribution in [2.75, 3.05) is 0 Å². The Morgan fingerprint density at radius 2 is 2.27 bits per heavy atom. The molecule has 2 rings (SSSR count). The maximum Gasteiger partial charge on any atom is 0.116 e. The van der Waals surface area contributed by atoms with Crippen LogP contribution in [0.25, 0.3) is 0 Å². The standard InChI is InChI=1S/C9H9NO/c1-6-4-7-5-8(11)2-3-9(7)10-6/h2-3,5,11H,4H2,1H3. The van der Waals surface area contributed by atoms with Crippen molar-refractivity contribution >= 4 is 11.4 Å². The lowest BCUT2D eigenvalue weighted by molar-refractivity contribution is 0.475. The summed E-state index contributed by atoms with van der Waals surface area (Å²) in [6.07, 6.45) is 0.879. The summed E-state index contributed by atoms with van der Waals surface area (Å²) in [7, 11) is 0. The summed E-state index contributed by atoms with van der Waals surface area (Å²) in [6, 6.07) is 5.29. The zero-order chi connectivity index (χ0) is 7.84. The third-order valence-electron chi connectivity index (χ3n) is 1.82. The number of hydrogen-bond acceptors (Lipinski definition) is 2. The van der Waals surface area contributed by atoms with E-state index in [1.165, 1.54) is 0 Å². The topological polar surface area (TPSA) is 32.6 Å². The predicted molar refractivity (Wildman–Crippen MR) is 44.6 cm³/mol. The Kier molecular flexibility index (Phi) is 1.22. The number of fused-ring (bicyclic) bond motifs is 1. The predicted octanol–water partition coefficient (Wildman–Crippen LogP) is 2.04. The third kappa shape index (κ3) is 1.00. The smallest absolute Gasteiger partial charge is 0.116 e. The fourth-order valence-electron chi connectivity index (χ4n) is 1.34. The van der Waals surface area contributed by atoms with Crippen LogP contribution in [0.3, 0.4) is 0 Å². The molecule has 1 heterocycles. The molecule has 0 saturated carbocycles. The highest BCUT2D eigenvalue weighted by molar-refractivity contribution is 5.92. The van der Waals surface area contributed by atoms with Crippen molar-refractivity contribution in [2.24, 2.45) is 4.99 Å². The Hall–Kier alpha value is -1.31. The molecule has 56 valence electrons. The van der Waals surface area contributed by atoms with Crippen molar-refractivity contribution in [2.45, 2.75) is 13.3 Å². The maximum atomic E-state index is 9.13. The van der Waals surface area contributed by atoms with Gasteiger partial charge in [0.05, 0.1) is 5.69 Å². The Bertz CT molecular complexity index is 328. The molecule has 0 amide bonds. The van der Waals surface area contributed by atoms with Crippen LogP contribution in [0.2, 0.25) is 0 Å². The number of aromatic hydroxyl groups is 1. The van der Waals surface area contributed by atoms with E-state index in [-0.39, 0.29) is 0 Å². The van der Waals surface area contributed by atoms with Crippen molar-refractivity contribution in [3.63, 3.8) is 0 Å². The largest absolute Gasteiger partial charge is 0.508 e. The molecular formula is C9H9NO. The Balaban J connectivity index is 2.52. The SMILES string of the molecule is CC1=Nc2ccc(O)cc2C1. The molecule has 0 saturated heterocycles. The van der Waals surface area contributed by atoms with Crippen LogP contribution in [0.15, 0.2) is 23.2 Å². The monoisotopic (exact) mass is 147 g/mol. The number of rotatable bonds is 0. The van der Waals surface area contributed by atoms with Gasteiger partial charge in [0, 0.05) is 12.1 Å². The second-order valence-corrected chi connectivity index (χ2v) is 2.84. The molecule has 0 radical (unpaired) electrons. The van der Waals surface area contributed by atoms with Gasteiger partial charge in [0.2, 0.25) is 0 Å². The molecule has 0 unspecified atom stereocenters. The molecule has 0 aromatic heterocycles. The summed E-state index contributed by atoms with van der Waals surface area (Å²) in [6.45, 7) is 2.00. The molecule has 2 heteroatoms. The fourth-order valence-corrected chi connectivity index (χ4v) is 1.34. The van der Waals surface area contributed by atoms with Crippen LogP contribution in [0, 0.1) is 0 Å². The molecule has 0 spiro atoms. The van der Waals surface area contributed by atoms with Gasteiger partial charge in [0.25, 0.3) is 0 Å². The lowest BCUT2D eigenvalue weighted by atomic mass is 10.1. The first-order valence-electron chi connectivity index (χ1n) is 3.62. The summed E-state index contributed by atoms with van der Waals surface area (Å²) >= 11 is 0. The second-order valence-electron chi connectivity index (χ2n) is 2.84. The normalized spacial score (nSPS) is 14.5. The first-order chi connectivity index (χ1) is 5.25. The molecule has 1 N–H and O–H groups in total. The van der Waals surface area contributed by atoms with Crippen LogP contribution in [-0.2, 0) is 6.42 Å². The molecule has 0 bridgehead atoms. The first kappa shape index (κ1) is 6.40. The second kappa shape index (κ2) is 2.09. The first-order valence-corrected chi connectivity index (χ1v) is 3.62. The number of aliphatic imine (C=N–C) groups is 1. The molecule has 1 aliphatic rings. The van der Waals surface area contributed by atoms with Gasteiger partial charge in [-0.25, -0.2) is 0 Å². The number of hydrogen-bond donors (Lipinski definition) is 1. The molecule has 11 heavy (non-hydrogen) atoms. The molecule has 1 aromatic carbocycles. The molecule has 1 aromatic rings. The zero-order valence-corrected chi connectivity index (χ0v) is 6.33. The fraction of sp³-hybridized carbons (Fsp3) is 0.222. The van der Waals surface area contributed by atoms with E-state index in [9.17, 15) is 0 Å². The number of phenolic OH excluding ortho intramolecular Hbond substituents is 1. The van der Waals surface area contributed by atoms with E-state index in [1.54, 1.807) is 12.1 Å². The number of nitrogens with zero attached hydrogens (tertiary/aromatic N) is 1. The summed E-state index contributed by atoms with van der Waals surface area (Å²) in [5.41, 5.74) is 3.24. The van der Waals surface area contributed by atoms with Crippen LogP contribution < -0.4 is 0 Å². The average Bonchev–Trinajstić information content (AvgIpc) is 2.27. The van der Waals surface area contributed by atoms with E-state index in [0.29, 0.717) is 5.75 Å². The van der Waals surface area contributed by atoms with Gasteiger partial charge in [-0.2, -0.15) is 0 Å². The molecule has 0 fully saturated rings. The van der Waals surface area contributed by atoms with E-state index >= 15 is 0 Å². The quantitative estimate of drug-likeness (QED) is 0.598. The van der Waals surface area contributed by atoms with Crippen molar-refractivity contribution < 1.29 is 5.11 Å². The summed E-state index contributed by atoms with van der Waals surface area (Å²) < 4.78 is 0. The summed E-state index contributed by atoms with van der Waals surface area (Å²) in [4.78, 5) is 4.30. The lowest BCUT2D eigenvalue weighted by Gasteiger charge is -1.95. The van der Waals surface area contributed by atoms with E-state index in [1.807, 2.05) is 13.0 Å². The van der Waals surface area contributed by atoms with E-state index in [4.69, 9.17) is 5.11 Å². The van der Waals surface area contributed by atoms with Crippen LogP contribution in [0.4, 0.5) is 5.69 Å². The molecule has 2 nitrogen and oxygen atoms in total. The van der Waals surface area contributed by atoms with Gasteiger partial charge in [-0.3, -0.25) is 4.99 Å². The third-order valence-corrected chi connectivity index (χ3v) is 1.82. The lowest BCUT2D eigenvalue weighted by Crippen LogP contribution is -1.87. The van der Waals surface area contributed by atoms with Gasteiger partial charge < -0.3 is 5.11 Å². The Morgan fingerprint density at radius 3 is 3.09 bits per heavy atom. The Morgan fingerprint density at radius 1 is 1.45 bits per heavy atom. The van der Waals surface area contributed by atoms with Crippen molar-refractivity contribution in [3.8, 4) is 5.75 Å². The summed E-state index contributed by atoms with van der Waals surface area (Å²) in [5, 5.41) is 9.13. The minimum Gasteiger partial charge on any atom is -0.508 e. The molecule has 0 aliphatic carbocycles. The van der Waals surface area contributed by atoms with Gasteiger partial charge in [0.15, 0.2) is 0 Å². The van der Waals surface area contributed by atoms with Gasteiger partial charge in [-0.05, 0) is 30.7 Å². The van der Waals surface area contributed by atoms with Gasteiger partial charge in [-0.1, -0.05) is 0 Å². The highest BCUT2D eigenvalue weighted by Gasteiger charge is 2.10. The summed E-state index contributed by atoms with van der Waals surface area (Å²) in [5.74, 6) is 0.327. The average molecular weight is 147 g/mol. The highest BCUT2D eigenvalue weighted by Crippen LogP contribution is 2.29. The highest BCUT2D eigenvalue weighted by atomic mass is 16.3. The van der Waals surface area contributed by atoms with Crippen LogP contribution in [0.1, 0.15) is 12.5 Å². The van der Waals surface area contributed by atoms with Crippen molar-refractivity contribution in [1.82, 2.24) is 0 Å². The van der Waals surface area contributed by atoms with Crippen molar-refractivity contribution in [1.29, 1.82) is 0 Å². The van der Waals surface area contributed by atoms with Gasteiger partial charge in [0.1, 0.15) is 5.75 Å². The minimum atomic E-state index is 0.327. The van der Waals surface area contributed by atoms with E-state index in [0.717, 1.165) is 23.4 Å². The van der Waals surface area contributed by atoms with Crippen LogP contribution in [-0.4, -0.2) is 10.8 Å². The van der Waals surface area contributed by atoms with Crippen molar-refractivity contribution in [3.05, 3.63) is 23.8 Å². The van der Waals surface area contributed by atoms with Gasteiger partial charge >= 0.3 is 0 Å². The van der Waals surface area contributed by atoms with Gasteiger partial charge in [-0.15, -0.1) is 0 Å². The van der Waals surface area contributed by atoms with E-state index in [2.05, 4.69) is 4.99 Å². The number of benzene rings is 1. The number of phenols is 1. The van der Waals surface area contributed by atoms with E-state index < -0.39 is 0 Å². The van der Waals surface area contributed by atoms with Crippen LogP contribution in [0.5, 0.6) is 5.75 Å². The molecule has 0 atom stereocenters.